The Kier molecular flexibility index (Phi) is 7.49. The van der Waals surface area contributed by atoms with Gasteiger partial charge in [0.05, 0.1) is 32.4 Å². The SMILES string of the molecule is COc1ccc(Cl)cc1NC(=O)CN(C)C(=O)CCOc1ccccc1C. The van der Waals surface area contributed by atoms with E-state index in [1.807, 2.05) is 31.2 Å². The fraction of sp³-hybridized carbons (Fsp3) is 0.300. The molecular weight excluding hydrogens is 368 g/mol. The number of carbonyl (C=O) groups excluding carboxylic acids is 2. The van der Waals surface area contributed by atoms with Crippen molar-refractivity contribution in [3.8, 4) is 11.5 Å². The number of nitrogens with one attached hydrogen (secondary N) is 1. The van der Waals surface area contributed by atoms with Crippen LogP contribution in [0.5, 0.6) is 11.5 Å². The van der Waals surface area contributed by atoms with Crippen molar-refractivity contribution in [1.29, 1.82) is 0 Å². The molecule has 0 aliphatic rings. The van der Waals surface area contributed by atoms with Gasteiger partial charge < -0.3 is 19.7 Å². The summed E-state index contributed by atoms with van der Waals surface area (Å²) in [7, 11) is 3.08. The molecule has 1 N–H and O–H groups in total. The third kappa shape index (κ3) is 6.18. The van der Waals surface area contributed by atoms with Crippen LogP contribution in [0.15, 0.2) is 42.5 Å². The molecule has 2 rings (SSSR count). The van der Waals surface area contributed by atoms with E-state index in [1.54, 1.807) is 25.2 Å². The Balaban J connectivity index is 1.82. The predicted octanol–water partition coefficient (Wildman–Crippen LogP) is 3.52. The van der Waals surface area contributed by atoms with E-state index in [2.05, 4.69) is 5.32 Å². The van der Waals surface area contributed by atoms with Crippen molar-refractivity contribution in [2.75, 3.05) is 32.6 Å². The third-order valence-electron chi connectivity index (χ3n) is 3.91. The smallest absolute Gasteiger partial charge is 0.244 e. The first-order valence-corrected chi connectivity index (χ1v) is 8.84. The largest absolute Gasteiger partial charge is 0.495 e. The lowest BCUT2D eigenvalue weighted by molar-refractivity contribution is -0.133. The number of carbonyl (C=O) groups is 2. The molecule has 0 aliphatic heterocycles. The number of halogens is 1. The number of aryl methyl sites for hydroxylation is 1. The highest BCUT2D eigenvalue weighted by Gasteiger charge is 2.15. The van der Waals surface area contributed by atoms with Crippen LogP contribution in [0.1, 0.15) is 12.0 Å². The van der Waals surface area contributed by atoms with E-state index in [1.165, 1.54) is 12.0 Å². The van der Waals surface area contributed by atoms with E-state index in [4.69, 9.17) is 21.1 Å². The van der Waals surface area contributed by atoms with Crippen LogP contribution < -0.4 is 14.8 Å². The number of likely N-dealkylation sites (N-methyl/N-ethyl adjacent to an activating group) is 1. The molecule has 2 aromatic rings. The van der Waals surface area contributed by atoms with Gasteiger partial charge in [-0.2, -0.15) is 0 Å². The summed E-state index contributed by atoms with van der Waals surface area (Å²) in [6, 6.07) is 12.5. The average Bonchev–Trinajstić information content (AvgIpc) is 2.63. The zero-order valence-corrected chi connectivity index (χ0v) is 16.4. The minimum absolute atomic E-state index is 0.0845. The second-order valence-electron chi connectivity index (χ2n) is 6.01. The Morgan fingerprint density at radius 3 is 2.59 bits per heavy atom. The summed E-state index contributed by atoms with van der Waals surface area (Å²) in [5.41, 5.74) is 1.46. The highest BCUT2D eigenvalue weighted by Crippen LogP contribution is 2.27. The normalized spacial score (nSPS) is 10.2. The quantitative estimate of drug-likeness (QED) is 0.748. The molecule has 27 heavy (non-hydrogen) atoms. The fourth-order valence-corrected chi connectivity index (χ4v) is 2.60. The zero-order chi connectivity index (χ0) is 19.8. The van der Waals surface area contributed by atoms with E-state index in [0.29, 0.717) is 16.5 Å². The van der Waals surface area contributed by atoms with Crippen molar-refractivity contribution in [1.82, 2.24) is 4.90 Å². The summed E-state index contributed by atoms with van der Waals surface area (Å²) in [6.45, 7) is 2.11. The summed E-state index contributed by atoms with van der Waals surface area (Å²) in [6.07, 6.45) is 0.179. The van der Waals surface area contributed by atoms with Crippen LogP contribution in [0.4, 0.5) is 5.69 Å². The number of methoxy groups -OCH3 is 1. The Labute approximate surface area is 164 Å². The van der Waals surface area contributed by atoms with E-state index in [9.17, 15) is 9.59 Å². The van der Waals surface area contributed by atoms with E-state index in [-0.39, 0.29) is 31.4 Å². The number of anilines is 1. The highest BCUT2D eigenvalue weighted by molar-refractivity contribution is 6.31. The second-order valence-corrected chi connectivity index (χ2v) is 6.44. The first kappa shape index (κ1) is 20.6. The van der Waals surface area contributed by atoms with Gasteiger partial charge in [0.1, 0.15) is 11.5 Å². The first-order chi connectivity index (χ1) is 12.9. The van der Waals surface area contributed by atoms with Gasteiger partial charge in [-0.1, -0.05) is 29.8 Å². The molecule has 7 heteroatoms. The number of ether oxygens (including phenoxy) is 2. The van der Waals surface area contributed by atoms with E-state index in [0.717, 1.165) is 11.3 Å². The number of benzene rings is 2. The average molecular weight is 391 g/mol. The molecule has 0 bridgehead atoms. The summed E-state index contributed by atoms with van der Waals surface area (Å²) in [4.78, 5) is 25.8. The molecule has 0 heterocycles. The molecule has 6 nitrogen and oxygen atoms in total. The Morgan fingerprint density at radius 2 is 1.89 bits per heavy atom. The summed E-state index contributed by atoms with van der Waals surface area (Å²) < 4.78 is 10.8. The van der Waals surface area contributed by atoms with Crippen LogP contribution in [0.3, 0.4) is 0 Å². The third-order valence-corrected chi connectivity index (χ3v) is 4.14. The van der Waals surface area contributed by atoms with Crippen LogP contribution in [0, 0.1) is 6.92 Å². The van der Waals surface area contributed by atoms with Crippen LogP contribution >= 0.6 is 11.6 Å². The molecule has 144 valence electrons. The Hall–Kier alpha value is -2.73. The van der Waals surface area contributed by atoms with Gasteiger partial charge in [0.15, 0.2) is 0 Å². The minimum Gasteiger partial charge on any atom is -0.495 e. The summed E-state index contributed by atoms with van der Waals surface area (Å²) >= 11 is 5.95. The molecule has 2 aromatic carbocycles. The lowest BCUT2D eigenvalue weighted by Crippen LogP contribution is -2.35. The van der Waals surface area contributed by atoms with Gasteiger partial charge in [-0.15, -0.1) is 0 Å². The van der Waals surface area contributed by atoms with Gasteiger partial charge >= 0.3 is 0 Å². The maximum Gasteiger partial charge on any atom is 0.244 e. The van der Waals surface area contributed by atoms with Gasteiger partial charge in [-0.25, -0.2) is 0 Å². The van der Waals surface area contributed by atoms with Crippen LogP contribution in [-0.4, -0.2) is 44.0 Å². The Morgan fingerprint density at radius 1 is 1.15 bits per heavy atom. The standard InChI is InChI=1S/C20H23ClN2O4/c1-14-6-4-5-7-17(14)27-11-10-20(25)23(2)13-19(24)22-16-12-15(21)8-9-18(16)26-3/h4-9,12H,10-11,13H2,1-3H3,(H,22,24). The lowest BCUT2D eigenvalue weighted by atomic mass is 10.2. The molecule has 2 amide bonds. The molecule has 0 atom stereocenters. The number of nitrogens with zero attached hydrogens (tertiary/aromatic N) is 1. The Bertz CT molecular complexity index is 810. The molecule has 0 aromatic heterocycles. The van der Waals surface area contributed by atoms with Gasteiger partial charge in [-0.05, 0) is 36.8 Å². The van der Waals surface area contributed by atoms with Crippen LogP contribution in [0.2, 0.25) is 5.02 Å². The predicted molar refractivity (Wildman–Crippen MR) is 106 cm³/mol. The molecule has 0 spiro atoms. The molecule has 0 unspecified atom stereocenters. The second kappa shape index (κ2) is 9.83. The van der Waals surface area contributed by atoms with E-state index >= 15 is 0 Å². The van der Waals surface area contributed by atoms with Gasteiger partial charge in [0.2, 0.25) is 11.8 Å². The molecule has 0 radical (unpaired) electrons. The number of amides is 2. The summed E-state index contributed by atoms with van der Waals surface area (Å²) in [5.74, 6) is 0.718. The van der Waals surface area contributed by atoms with Gasteiger partial charge in [0.25, 0.3) is 0 Å². The van der Waals surface area contributed by atoms with Gasteiger partial charge in [-0.3, -0.25) is 9.59 Å². The monoisotopic (exact) mass is 390 g/mol. The maximum atomic E-state index is 12.2. The van der Waals surface area contributed by atoms with Crippen molar-refractivity contribution < 1.29 is 19.1 Å². The maximum absolute atomic E-state index is 12.2. The number of hydrogen-bond donors (Lipinski definition) is 1. The lowest BCUT2D eigenvalue weighted by Gasteiger charge is -2.18. The summed E-state index contributed by atoms with van der Waals surface area (Å²) in [5, 5.41) is 3.18. The molecule has 0 saturated heterocycles. The molecule has 0 aliphatic carbocycles. The number of hydrogen-bond acceptors (Lipinski definition) is 4. The highest BCUT2D eigenvalue weighted by atomic mass is 35.5. The van der Waals surface area contributed by atoms with Crippen molar-refractivity contribution in [2.24, 2.45) is 0 Å². The van der Waals surface area contributed by atoms with Gasteiger partial charge in [0, 0.05) is 12.1 Å². The van der Waals surface area contributed by atoms with Crippen LogP contribution in [-0.2, 0) is 9.59 Å². The van der Waals surface area contributed by atoms with Crippen molar-refractivity contribution in [3.63, 3.8) is 0 Å². The minimum atomic E-state index is -0.341. The van der Waals surface area contributed by atoms with E-state index < -0.39 is 0 Å². The zero-order valence-electron chi connectivity index (χ0n) is 15.6. The number of para-hydroxylation sites is 1. The first-order valence-electron chi connectivity index (χ1n) is 8.46. The topological polar surface area (TPSA) is 67.9 Å². The molecule has 0 fully saturated rings. The fourth-order valence-electron chi connectivity index (χ4n) is 2.43. The number of rotatable bonds is 8. The van der Waals surface area contributed by atoms with Crippen molar-refractivity contribution in [3.05, 3.63) is 53.1 Å². The molecule has 0 saturated carbocycles. The van der Waals surface area contributed by atoms with Crippen molar-refractivity contribution in [2.45, 2.75) is 13.3 Å². The molecular formula is C20H23ClN2O4. The van der Waals surface area contributed by atoms with Crippen LogP contribution in [0.25, 0.3) is 0 Å². The van der Waals surface area contributed by atoms with Crippen molar-refractivity contribution >= 4 is 29.1 Å².